The molecule has 0 aromatic carbocycles. The third-order valence-corrected chi connectivity index (χ3v) is 6.80. The second-order valence-corrected chi connectivity index (χ2v) is 9.15. The van der Waals surface area contributed by atoms with E-state index in [4.69, 9.17) is 14.2 Å². The van der Waals surface area contributed by atoms with E-state index in [2.05, 4.69) is 27.7 Å². The van der Waals surface area contributed by atoms with E-state index in [0.29, 0.717) is 30.3 Å². The lowest BCUT2D eigenvalue weighted by Crippen LogP contribution is -2.41. The summed E-state index contributed by atoms with van der Waals surface area (Å²) in [5, 5.41) is 0. The van der Waals surface area contributed by atoms with E-state index in [1.165, 1.54) is 38.5 Å². The fourth-order valence-corrected chi connectivity index (χ4v) is 5.43. The summed E-state index contributed by atoms with van der Waals surface area (Å²) in [4.78, 5) is 0. The van der Waals surface area contributed by atoms with Crippen LogP contribution in [0.2, 0.25) is 0 Å². The van der Waals surface area contributed by atoms with Gasteiger partial charge in [0.15, 0.2) is 0 Å². The Kier molecular flexibility index (Phi) is 7.22. The first-order valence-electron chi connectivity index (χ1n) is 11.0. The van der Waals surface area contributed by atoms with E-state index in [1.54, 1.807) is 0 Å². The second-order valence-electron chi connectivity index (χ2n) is 9.15. The summed E-state index contributed by atoms with van der Waals surface area (Å²) in [6.45, 7) is 10.9. The molecular formula is C22H40O3. The van der Waals surface area contributed by atoms with Crippen LogP contribution in [0.1, 0.15) is 79.1 Å². The van der Waals surface area contributed by atoms with Gasteiger partial charge < -0.3 is 14.2 Å². The van der Waals surface area contributed by atoms with Crippen LogP contribution in [0.3, 0.4) is 0 Å². The van der Waals surface area contributed by atoms with Crippen molar-refractivity contribution in [1.82, 2.24) is 0 Å². The second kappa shape index (κ2) is 9.19. The molecule has 0 amide bonds. The van der Waals surface area contributed by atoms with Crippen molar-refractivity contribution >= 4 is 0 Å². The fraction of sp³-hybridized carbons (Fsp3) is 1.00. The topological polar surface area (TPSA) is 27.7 Å². The fourth-order valence-electron chi connectivity index (χ4n) is 5.43. The molecule has 2 saturated carbocycles. The molecule has 0 bridgehead atoms. The average molecular weight is 353 g/mol. The largest absolute Gasteiger partial charge is 0.378 e. The minimum absolute atomic E-state index is 0.407. The highest BCUT2D eigenvalue weighted by Gasteiger charge is 2.52. The third kappa shape index (κ3) is 4.78. The summed E-state index contributed by atoms with van der Waals surface area (Å²) in [6.07, 6.45) is 11.4. The van der Waals surface area contributed by atoms with E-state index in [1.807, 2.05) is 0 Å². The quantitative estimate of drug-likeness (QED) is 0.561. The Morgan fingerprint density at radius 3 is 2.56 bits per heavy atom. The van der Waals surface area contributed by atoms with E-state index >= 15 is 0 Å². The van der Waals surface area contributed by atoms with E-state index < -0.39 is 0 Å². The lowest BCUT2D eigenvalue weighted by atomic mass is 9.69. The molecule has 3 aliphatic rings. The molecule has 0 radical (unpaired) electrons. The van der Waals surface area contributed by atoms with Gasteiger partial charge in [-0.05, 0) is 62.7 Å². The van der Waals surface area contributed by atoms with Crippen molar-refractivity contribution in [2.24, 2.45) is 23.7 Å². The number of rotatable bonds is 8. The van der Waals surface area contributed by atoms with Crippen molar-refractivity contribution in [1.29, 1.82) is 0 Å². The average Bonchev–Trinajstić information content (AvgIpc) is 2.97. The number of fused-ring (bicyclic) bond motifs is 3. The summed E-state index contributed by atoms with van der Waals surface area (Å²) < 4.78 is 18.9. The van der Waals surface area contributed by atoms with Crippen LogP contribution in [0, 0.1) is 23.7 Å². The Morgan fingerprint density at radius 2 is 1.80 bits per heavy atom. The van der Waals surface area contributed by atoms with Gasteiger partial charge in [-0.2, -0.15) is 0 Å². The Balaban J connectivity index is 1.47. The molecule has 2 aliphatic carbocycles. The maximum Gasteiger partial charge on any atom is 0.0661 e. The van der Waals surface area contributed by atoms with Crippen LogP contribution >= 0.6 is 0 Å². The first kappa shape index (κ1) is 19.6. The standard InChI is InChI=1S/C22H40O3/c1-5-12-24-20-11-10-19-18-9-8-17(23-13-6-7-15(2)3)14-21(18)25-22(19)16(20)4/h15-22H,5-14H2,1-4H3. The van der Waals surface area contributed by atoms with Gasteiger partial charge in [0, 0.05) is 25.6 Å². The third-order valence-electron chi connectivity index (χ3n) is 6.80. The van der Waals surface area contributed by atoms with Gasteiger partial charge in [0.2, 0.25) is 0 Å². The lowest BCUT2D eigenvalue weighted by Gasteiger charge is -2.38. The van der Waals surface area contributed by atoms with E-state index in [-0.39, 0.29) is 0 Å². The molecular weight excluding hydrogens is 312 g/mol. The molecule has 146 valence electrons. The Morgan fingerprint density at radius 1 is 1.00 bits per heavy atom. The SMILES string of the molecule is CCCOC1CCC2C3CCC(OCCCC(C)C)CC3OC2C1C. The van der Waals surface area contributed by atoms with Crippen molar-refractivity contribution in [2.45, 2.75) is 103 Å². The van der Waals surface area contributed by atoms with Crippen molar-refractivity contribution < 1.29 is 14.2 Å². The molecule has 25 heavy (non-hydrogen) atoms. The van der Waals surface area contributed by atoms with Gasteiger partial charge in [0.1, 0.15) is 0 Å². The summed E-state index contributed by atoms with van der Waals surface area (Å²) in [5.74, 6) is 2.87. The molecule has 3 heteroatoms. The van der Waals surface area contributed by atoms with Crippen molar-refractivity contribution in [2.75, 3.05) is 13.2 Å². The highest BCUT2D eigenvalue weighted by atomic mass is 16.5. The van der Waals surface area contributed by atoms with Gasteiger partial charge in [-0.15, -0.1) is 0 Å². The lowest BCUT2D eigenvalue weighted by molar-refractivity contribution is -0.0977. The van der Waals surface area contributed by atoms with Crippen LogP contribution in [0.4, 0.5) is 0 Å². The predicted octanol–water partition coefficient (Wildman–Crippen LogP) is 5.22. The van der Waals surface area contributed by atoms with Crippen LogP contribution in [0.5, 0.6) is 0 Å². The maximum absolute atomic E-state index is 6.61. The van der Waals surface area contributed by atoms with Crippen LogP contribution in [0.25, 0.3) is 0 Å². The molecule has 7 atom stereocenters. The van der Waals surface area contributed by atoms with Crippen molar-refractivity contribution in [3.8, 4) is 0 Å². The number of ether oxygens (including phenoxy) is 3. The zero-order valence-electron chi connectivity index (χ0n) is 16.9. The van der Waals surface area contributed by atoms with Gasteiger partial charge in [0.25, 0.3) is 0 Å². The minimum atomic E-state index is 0.407. The molecule has 0 aromatic heterocycles. The smallest absolute Gasteiger partial charge is 0.0661 e. The van der Waals surface area contributed by atoms with Gasteiger partial charge in [-0.1, -0.05) is 27.7 Å². The molecule has 1 saturated heterocycles. The molecule has 3 nitrogen and oxygen atoms in total. The molecule has 1 heterocycles. The van der Waals surface area contributed by atoms with Crippen molar-refractivity contribution in [3.05, 3.63) is 0 Å². The Hall–Kier alpha value is -0.120. The highest BCUT2D eigenvalue weighted by molar-refractivity contribution is 5.00. The monoisotopic (exact) mass is 352 g/mol. The molecule has 7 unspecified atom stereocenters. The van der Waals surface area contributed by atoms with E-state index in [0.717, 1.165) is 43.8 Å². The van der Waals surface area contributed by atoms with Crippen LogP contribution in [-0.2, 0) is 14.2 Å². The Bertz CT molecular complexity index is 397. The van der Waals surface area contributed by atoms with Gasteiger partial charge in [-0.3, -0.25) is 0 Å². The van der Waals surface area contributed by atoms with Gasteiger partial charge in [0.05, 0.1) is 24.4 Å². The minimum Gasteiger partial charge on any atom is -0.378 e. The number of hydrogen-bond donors (Lipinski definition) is 0. The Labute approximate surface area is 155 Å². The van der Waals surface area contributed by atoms with Crippen LogP contribution < -0.4 is 0 Å². The molecule has 1 aliphatic heterocycles. The predicted molar refractivity (Wildman–Crippen MR) is 102 cm³/mol. The first-order chi connectivity index (χ1) is 12.1. The molecule has 0 spiro atoms. The highest BCUT2D eigenvalue weighted by Crippen LogP contribution is 2.50. The molecule has 0 N–H and O–H groups in total. The molecule has 0 aromatic rings. The van der Waals surface area contributed by atoms with Gasteiger partial charge >= 0.3 is 0 Å². The summed E-state index contributed by atoms with van der Waals surface area (Å²) in [5.41, 5.74) is 0. The zero-order valence-corrected chi connectivity index (χ0v) is 16.9. The molecule has 3 rings (SSSR count). The summed E-state index contributed by atoms with van der Waals surface area (Å²) in [6, 6.07) is 0. The molecule has 3 fully saturated rings. The van der Waals surface area contributed by atoms with E-state index in [9.17, 15) is 0 Å². The summed E-state index contributed by atoms with van der Waals surface area (Å²) >= 11 is 0. The maximum atomic E-state index is 6.61. The number of hydrogen-bond acceptors (Lipinski definition) is 3. The van der Waals surface area contributed by atoms with Crippen molar-refractivity contribution in [3.63, 3.8) is 0 Å². The van der Waals surface area contributed by atoms with Crippen LogP contribution in [0.15, 0.2) is 0 Å². The zero-order chi connectivity index (χ0) is 17.8. The normalized spacial score (nSPS) is 40.9. The first-order valence-corrected chi connectivity index (χ1v) is 11.0. The van der Waals surface area contributed by atoms with Crippen LogP contribution in [-0.4, -0.2) is 37.6 Å². The summed E-state index contributed by atoms with van der Waals surface area (Å²) in [7, 11) is 0. The van der Waals surface area contributed by atoms with Gasteiger partial charge in [-0.25, -0.2) is 0 Å².